The number of rotatable bonds is 6. The normalized spacial score (nSPS) is 53.8. The van der Waals surface area contributed by atoms with Crippen LogP contribution in [-0.4, -0.2) is 34.6 Å². The molecule has 2 N–H and O–H groups in total. The first-order valence-corrected chi connectivity index (χ1v) is 13.2. The first-order valence-electron chi connectivity index (χ1n) is 13.2. The molecule has 11 atom stereocenters. The van der Waals surface area contributed by atoms with Crippen molar-refractivity contribution in [1.82, 2.24) is 0 Å². The van der Waals surface area contributed by atoms with Gasteiger partial charge < -0.3 is 14.9 Å². The van der Waals surface area contributed by atoms with Gasteiger partial charge in [0.15, 0.2) is 0 Å². The highest BCUT2D eigenvalue weighted by Crippen LogP contribution is 2.74. The molecular formula is C27H46O3. The van der Waals surface area contributed by atoms with Crippen LogP contribution in [0.1, 0.15) is 98.3 Å². The minimum Gasteiger partial charge on any atom is -0.396 e. The maximum atomic E-state index is 10.4. The van der Waals surface area contributed by atoms with Crippen LogP contribution in [0.2, 0.25) is 0 Å². The van der Waals surface area contributed by atoms with E-state index in [0.717, 1.165) is 48.9 Å². The lowest BCUT2D eigenvalue weighted by molar-refractivity contribution is -0.116. The Kier molecular flexibility index (Phi) is 5.39. The number of fused-ring (bicyclic) bond motifs is 4. The van der Waals surface area contributed by atoms with Gasteiger partial charge in [-0.1, -0.05) is 40.5 Å². The van der Waals surface area contributed by atoms with Crippen LogP contribution in [0.15, 0.2) is 0 Å². The predicted octanol–water partition coefficient (Wildman–Crippen LogP) is 5.57. The average molecular weight is 419 g/mol. The molecule has 1 spiro atoms. The largest absolute Gasteiger partial charge is 0.396 e. The summed E-state index contributed by atoms with van der Waals surface area (Å²) < 4.78 is 6.50. The Balaban J connectivity index is 1.30. The molecule has 3 nitrogen and oxygen atoms in total. The lowest BCUT2D eigenvalue weighted by Crippen LogP contribution is -2.58. The molecular weight excluding hydrogens is 372 g/mol. The highest BCUT2D eigenvalue weighted by atomic mass is 16.6. The van der Waals surface area contributed by atoms with E-state index in [1.54, 1.807) is 0 Å². The Morgan fingerprint density at radius 1 is 1.00 bits per heavy atom. The molecule has 172 valence electrons. The average Bonchev–Trinajstić information content (AvgIpc) is 3.28. The van der Waals surface area contributed by atoms with E-state index in [1.807, 2.05) is 0 Å². The van der Waals surface area contributed by atoms with Crippen LogP contribution in [0.5, 0.6) is 0 Å². The summed E-state index contributed by atoms with van der Waals surface area (Å²) in [7, 11) is 0. The number of aliphatic hydroxyl groups is 2. The molecule has 0 aromatic rings. The Labute approximate surface area is 184 Å². The minimum atomic E-state index is -0.140. The second-order valence-corrected chi connectivity index (χ2v) is 12.8. The van der Waals surface area contributed by atoms with E-state index in [9.17, 15) is 10.2 Å². The highest BCUT2D eigenvalue weighted by Gasteiger charge is 2.76. The Morgan fingerprint density at radius 2 is 1.80 bits per heavy atom. The van der Waals surface area contributed by atoms with Crippen LogP contribution in [0.25, 0.3) is 0 Å². The van der Waals surface area contributed by atoms with Crippen molar-refractivity contribution >= 4 is 0 Å². The molecule has 4 saturated carbocycles. The molecule has 5 rings (SSSR count). The fourth-order valence-electron chi connectivity index (χ4n) is 9.71. The second kappa shape index (κ2) is 7.45. The molecule has 30 heavy (non-hydrogen) atoms. The van der Waals surface area contributed by atoms with Crippen molar-refractivity contribution < 1.29 is 14.9 Å². The Morgan fingerprint density at radius 3 is 2.57 bits per heavy atom. The summed E-state index contributed by atoms with van der Waals surface area (Å²) in [5.41, 5.74) is 0.835. The van der Waals surface area contributed by atoms with Gasteiger partial charge in [0, 0.05) is 18.4 Å². The molecule has 0 aromatic heterocycles. The lowest BCUT2D eigenvalue weighted by Gasteiger charge is -2.59. The fourth-order valence-corrected chi connectivity index (χ4v) is 9.71. The van der Waals surface area contributed by atoms with Crippen LogP contribution < -0.4 is 0 Å². The van der Waals surface area contributed by atoms with E-state index in [1.165, 1.54) is 51.4 Å². The van der Waals surface area contributed by atoms with Gasteiger partial charge in [-0.2, -0.15) is 0 Å². The molecule has 5 aliphatic rings. The van der Waals surface area contributed by atoms with Crippen LogP contribution in [0.3, 0.4) is 0 Å². The lowest BCUT2D eigenvalue weighted by atomic mass is 9.44. The van der Waals surface area contributed by atoms with Crippen molar-refractivity contribution in [3.63, 3.8) is 0 Å². The van der Waals surface area contributed by atoms with Crippen molar-refractivity contribution in [2.45, 2.75) is 116 Å². The van der Waals surface area contributed by atoms with Crippen molar-refractivity contribution in [1.29, 1.82) is 0 Å². The zero-order valence-corrected chi connectivity index (χ0v) is 19.9. The third-order valence-corrected chi connectivity index (χ3v) is 11.5. The first kappa shape index (κ1) is 21.7. The van der Waals surface area contributed by atoms with Gasteiger partial charge in [-0.15, -0.1) is 0 Å². The number of aliphatic hydroxyl groups excluding tert-OH is 2. The minimum absolute atomic E-state index is 0.0221. The molecule has 5 fully saturated rings. The van der Waals surface area contributed by atoms with E-state index in [4.69, 9.17) is 4.74 Å². The summed E-state index contributed by atoms with van der Waals surface area (Å²) in [6, 6.07) is 0. The van der Waals surface area contributed by atoms with Gasteiger partial charge in [-0.25, -0.2) is 0 Å². The predicted molar refractivity (Wildman–Crippen MR) is 120 cm³/mol. The van der Waals surface area contributed by atoms with Gasteiger partial charge in [0.2, 0.25) is 0 Å². The topological polar surface area (TPSA) is 53.0 Å². The smallest absolute Gasteiger partial charge is 0.103 e. The molecule has 0 aromatic carbocycles. The highest BCUT2D eigenvalue weighted by molar-refractivity contribution is 5.24. The molecule has 1 saturated heterocycles. The van der Waals surface area contributed by atoms with E-state index in [0.29, 0.717) is 29.5 Å². The van der Waals surface area contributed by atoms with Crippen LogP contribution >= 0.6 is 0 Å². The first-order chi connectivity index (χ1) is 14.2. The number of hydrogen-bond donors (Lipinski definition) is 2. The number of ether oxygens (including phenoxy) is 1. The SMILES string of the molecule is CC(CO)CCC[C@@H](C)[C@H]1CC[C@H]2[C@@H]3C[C@@H]4O[C@@]45C[C@@H](O)CC[C@]5(C)[C@H]3CC[C@]12C. The van der Waals surface area contributed by atoms with E-state index >= 15 is 0 Å². The number of epoxide rings is 1. The molecule has 1 aliphatic heterocycles. The van der Waals surface area contributed by atoms with E-state index < -0.39 is 0 Å². The molecule has 0 amide bonds. The monoisotopic (exact) mass is 418 g/mol. The van der Waals surface area contributed by atoms with Crippen molar-refractivity contribution in [3.8, 4) is 0 Å². The molecule has 1 heterocycles. The fraction of sp³-hybridized carbons (Fsp3) is 1.00. The Hall–Kier alpha value is -0.120. The molecule has 0 radical (unpaired) electrons. The summed E-state index contributed by atoms with van der Waals surface area (Å²) in [4.78, 5) is 0. The quantitative estimate of drug-likeness (QED) is 0.554. The maximum absolute atomic E-state index is 10.4. The van der Waals surface area contributed by atoms with Crippen molar-refractivity contribution in [3.05, 3.63) is 0 Å². The standard InChI is InChI=1S/C27H46O3/c1-17(16-28)6-5-7-18(2)21-8-9-22-20-14-24-27(30-24)15-19(29)10-13-26(27,4)23(20)11-12-25(21,22)3/h17-24,28-29H,5-16H2,1-4H3/t17?,18-,19+,20+,21-,22+,23+,24+,25-,26-,27+/m1/s1. The second-order valence-electron chi connectivity index (χ2n) is 12.8. The zero-order valence-electron chi connectivity index (χ0n) is 19.9. The van der Waals surface area contributed by atoms with Gasteiger partial charge in [-0.3, -0.25) is 0 Å². The molecule has 1 unspecified atom stereocenters. The van der Waals surface area contributed by atoms with Crippen LogP contribution in [0.4, 0.5) is 0 Å². The van der Waals surface area contributed by atoms with Crippen molar-refractivity contribution in [2.24, 2.45) is 46.3 Å². The van der Waals surface area contributed by atoms with Gasteiger partial charge in [-0.05, 0) is 92.3 Å². The van der Waals surface area contributed by atoms with Gasteiger partial charge in [0.1, 0.15) is 5.60 Å². The molecule has 0 bridgehead atoms. The molecule has 4 aliphatic carbocycles. The third-order valence-electron chi connectivity index (χ3n) is 11.5. The van der Waals surface area contributed by atoms with E-state index in [-0.39, 0.29) is 11.7 Å². The number of hydrogen-bond acceptors (Lipinski definition) is 3. The zero-order chi connectivity index (χ0) is 21.3. The van der Waals surface area contributed by atoms with Crippen LogP contribution in [0, 0.1) is 46.3 Å². The van der Waals surface area contributed by atoms with Gasteiger partial charge in [0.05, 0.1) is 12.2 Å². The summed E-state index contributed by atoms with van der Waals surface area (Å²) in [6.45, 7) is 10.2. The summed E-state index contributed by atoms with van der Waals surface area (Å²) >= 11 is 0. The molecule has 3 heteroatoms. The summed E-state index contributed by atoms with van der Waals surface area (Å²) in [5.74, 6) is 4.67. The third kappa shape index (κ3) is 3.00. The summed E-state index contributed by atoms with van der Waals surface area (Å²) in [5, 5.41) is 19.7. The Bertz CT molecular complexity index is 650. The van der Waals surface area contributed by atoms with Gasteiger partial charge in [0.25, 0.3) is 0 Å². The van der Waals surface area contributed by atoms with Gasteiger partial charge >= 0.3 is 0 Å². The summed E-state index contributed by atoms with van der Waals surface area (Å²) in [6.07, 6.45) is 14.0. The van der Waals surface area contributed by atoms with E-state index in [2.05, 4.69) is 27.7 Å². The maximum Gasteiger partial charge on any atom is 0.103 e. The van der Waals surface area contributed by atoms with Crippen molar-refractivity contribution in [2.75, 3.05) is 6.61 Å². The van der Waals surface area contributed by atoms with Crippen LogP contribution in [-0.2, 0) is 4.74 Å².